The number of anilines is 3. The predicted octanol–water partition coefficient (Wildman–Crippen LogP) is 4.30. The normalized spacial score (nSPS) is 14.9. The molecule has 9 heteroatoms. The maximum Gasteiger partial charge on any atom is 0.268 e. The first-order chi connectivity index (χ1) is 16.5. The number of nitrogens with one attached hydrogen (secondary N) is 2. The molecule has 1 aromatic heterocycles. The Morgan fingerprint density at radius 1 is 1.03 bits per heavy atom. The molecule has 0 aliphatic carbocycles. The Hall–Kier alpha value is -4.24. The lowest BCUT2D eigenvalue weighted by Crippen LogP contribution is -2.47. The van der Waals surface area contributed by atoms with Crippen LogP contribution in [-0.4, -0.2) is 35.4 Å². The van der Waals surface area contributed by atoms with E-state index in [2.05, 4.69) is 15.6 Å². The van der Waals surface area contributed by atoms with Gasteiger partial charge in [0.15, 0.2) is 11.2 Å². The zero-order valence-electron chi connectivity index (χ0n) is 18.1. The van der Waals surface area contributed by atoms with Crippen molar-refractivity contribution in [1.82, 2.24) is 4.98 Å². The van der Waals surface area contributed by atoms with Crippen LogP contribution in [0, 0.1) is 0 Å². The van der Waals surface area contributed by atoms with Crippen molar-refractivity contribution >= 4 is 55.8 Å². The molecular formula is C25H20N4O4S. The van der Waals surface area contributed by atoms with Crippen LogP contribution in [0.15, 0.2) is 72.8 Å². The number of hydrogen-bond acceptors (Lipinski definition) is 6. The second-order valence-electron chi connectivity index (χ2n) is 7.72. The number of rotatable bonds is 5. The molecule has 3 amide bonds. The Morgan fingerprint density at radius 3 is 2.62 bits per heavy atom. The van der Waals surface area contributed by atoms with Crippen LogP contribution in [0.1, 0.15) is 17.3 Å². The SMILES string of the molecule is C[C@H]1Oc2ccccc2N(CC(=O)Nc2ccc3nc(NC(=O)c4ccccc4)sc3c2)C1=O. The predicted molar refractivity (Wildman–Crippen MR) is 132 cm³/mol. The third-order valence-electron chi connectivity index (χ3n) is 5.30. The quantitative estimate of drug-likeness (QED) is 0.451. The number of aromatic nitrogens is 1. The van der Waals surface area contributed by atoms with Crippen LogP contribution in [0.25, 0.3) is 10.2 Å². The minimum absolute atomic E-state index is 0.136. The van der Waals surface area contributed by atoms with E-state index in [0.717, 1.165) is 4.70 Å². The van der Waals surface area contributed by atoms with Gasteiger partial charge >= 0.3 is 0 Å². The Labute approximate surface area is 199 Å². The first-order valence-electron chi connectivity index (χ1n) is 10.6. The van der Waals surface area contributed by atoms with Crippen molar-refractivity contribution < 1.29 is 19.1 Å². The van der Waals surface area contributed by atoms with E-state index in [9.17, 15) is 14.4 Å². The highest BCUT2D eigenvalue weighted by Gasteiger charge is 2.32. The first kappa shape index (κ1) is 21.6. The fourth-order valence-corrected chi connectivity index (χ4v) is 4.58. The number of thiazole rings is 1. The van der Waals surface area contributed by atoms with Gasteiger partial charge in [-0.25, -0.2) is 4.98 Å². The summed E-state index contributed by atoms with van der Waals surface area (Å²) in [5.74, 6) is -0.277. The van der Waals surface area contributed by atoms with Crippen LogP contribution in [-0.2, 0) is 9.59 Å². The number of amides is 3. The van der Waals surface area contributed by atoms with E-state index in [-0.39, 0.29) is 24.3 Å². The lowest BCUT2D eigenvalue weighted by atomic mass is 10.2. The van der Waals surface area contributed by atoms with Gasteiger partial charge in [0.25, 0.3) is 11.8 Å². The van der Waals surface area contributed by atoms with Gasteiger partial charge in [-0.1, -0.05) is 41.7 Å². The van der Waals surface area contributed by atoms with E-state index < -0.39 is 6.10 Å². The molecule has 0 radical (unpaired) electrons. The van der Waals surface area contributed by atoms with Crippen LogP contribution in [0.5, 0.6) is 5.75 Å². The van der Waals surface area contributed by atoms with Crippen LogP contribution in [0.2, 0.25) is 0 Å². The third kappa shape index (κ3) is 4.33. The van der Waals surface area contributed by atoms with Gasteiger partial charge in [0.05, 0.1) is 15.9 Å². The topological polar surface area (TPSA) is 101 Å². The van der Waals surface area contributed by atoms with Crippen LogP contribution in [0.4, 0.5) is 16.5 Å². The van der Waals surface area contributed by atoms with Gasteiger partial charge in [-0.05, 0) is 49.4 Å². The summed E-state index contributed by atoms with van der Waals surface area (Å²) < 4.78 is 6.43. The molecule has 0 bridgehead atoms. The highest BCUT2D eigenvalue weighted by Crippen LogP contribution is 2.33. The fraction of sp³-hybridized carbons (Fsp3) is 0.120. The number of ether oxygens (including phenoxy) is 1. The molecule has 1 aliphatic rings. The molecule has 4 aromatic rings. The van der Waals surface area contributed by atoms with Gasteiger partial charge in [-0.3, -0.25) is 24.6 Å². The molecule has 0 spiro atoms. The van der Waals surface area contributed by atoms with E-state index in [1.807, 2.05) is 12.1 Å². The molecule has 0 saturated carbocycles. The summed E-state index contributed by atoms with van der Waals surface area (Å²) in [6.45, 7) is 1.53. The fourth-order valence-electron chi connectivity index (χ4n) is 3.68. The van der Waals surface area contributed by atoms with E-state index in [0.29, 0.717) is 33.3 Å². The van der Waals surface area contributed by atoms with Crippen molar-refractivity contribution in [2.75, 3.05) is 22.1 Å². The third-order valence-corrected chi connectivity index (χ3v) is 6.24. The Kier molecular flexibility index (Phi) is 5.69. The summed E-state index contributed by atoms with van der Waals surface area (Å²) in [5, 5.41) is 6.12. The Morgan fingerprint density at radius 2 is 1.79 bits per heavy atom. The molecule has 8 nitrogen and oxygen atoms in total. The van der Waals surface area contributed by atoms with Crippen LogP contribution < -0.4 is 20.3 Å². The van der Waals surface area contributed by atoms with E-state index in [4.69, 9.17) is 4.74 Å². The van der Waals surface area contributed by atoms with E-state index in [1.54, 1.807) is 67.6 Å². The van der Waals surface area contributed by atoms with Crippen molar-refractivity contribution in [3.8, 4) is 5.75 Å². The summed E-state index contributed by atoms with van der Waals surface area (Å²) >= 11 is 1.31. The minimum Gasteiger partial charge on any atom is -0.479 e. The Balaban J connectivity index is 1.29. The molecule has 2 N–H and O–H groups in total. The molecule has 170 valence electrons. The molecule has 3 aromatic carbocycles. The maximum atomic E-state index is 12.8. The molecule has 1 aliphatic heterocycles. The van der Waals surface area contributed by atoms with E-state index in [1.165, 1.54) is 16.2 Å². The van der Waals surface area contributed by atoms with Crippen molar-refractivity contribution in [2.24, 2.45) is 0 Å². The number of nitrogens with zero attached hydrogens (tertiary/aromatic N) is 2. The van der Waals surface area contributed by atoms with Gasteiger partial charge in [-0.2, -0.15) is 0 Å². The van der Waals surface area contributed by atoms with Gasteiger partial charge in [-0.15, -0.1) is 0 Å². The number of para-hydroxylation sites is 2. The van der Waals surface area contributed by atoms with Crippen molar-refractivity contribution in [3.63, 3.8) is 0 Å². The number of carbonyl (C=O) groups excluding carboxylic acids is 3. The maximum absolute atomic E-state index is 12.8. The highest BCUT2D eigenvalue weighted by molar-refractivity contribution is 7.22. The minimum atomic E-state index is -0.666. The zero-order chi connectivity index (χ0) is 23.7. The average Bonchev–Trinajstić information content (AvgIpc) is 3.24. The number of fused-ring (bicyclic) bond motifs is 2. The van der Waals surface area contributed by atoms with Crippen molar-refractivity contribution in [1.29, 1.82) is 0 Å². The average molecular weight is 473 g/mol. The van der Waals surface area contributed by atoms with Crippen LogP contribution in [0.3, 0.4) is 0 Å². The molecular weight excluding hydrogens is 452 g/mol. The van der Waals surface area contributed by atoms with Crippen molar-refractivity contribution in [3.05, 3.63) is 78.4 Å². The molecule has 5 rings (SSSR count). The summed E-state index contributed by atoms with van der Waals surface area (Å²) in [6, 6.07) is 21.3. The summed E-state index contributed by atoms with van der Waals surface area (Å²) in [7, 11) is 0. The molecule has 0 unspecified atom stereocenters. The zero-order valence-corrected chi connectivity index (χ0v) is 19.0. The van der Waals surface area contributed by atoms with Crippen LogP contribution >= 0.6 is 11.3 Å². The second kappa shape index (κ2) is 8.95. The molecule has 34 heavy (non-hydrogen) atoms. The molecule has 0 fully saturated rings. The van der Waals surface area contributed by atoms with E-state index >= 15 is 0 Å². The van der Waals surface area contributed by atoms with Gasteiger partial charge in [0, 0.05) is 11.3 Å². The summed E-state index contributed by atoms with van der Waals surface area (Å²) in [4.78, 5) is 43.7. The smallest absolute Gasteiger partial charge is 0.268 e. The van der Waals surface area contributed by atoms with Gasteiger partial charge in [0.1, 0.15) is 12.3 Å². The first-order valence-corrected chi connectivity index (χ1v) is 11.4. The van der Waals surface area contributed by atoms with Gasteiger partial charge < -0.3 is 10.1 Å². The van der Waals surface area contributed by atoms with Gasteiger partial charge in [0.2, 0.25) is 5.91 Å². The highest BCUT2D eigenvalue weighted by atomic mass is 32.1. The Bertz CT molecular complexity index is 1400. The molecule has 2 heterocycles. The number of hydrogen-bond donors (Lipinski definition) is 2. The largest absolute Gasteiger partial charge is 0.479 e. The molecule has 0 saturated heterocycles. The number of carbonyl (C=O) groups is 3. The standard InChI is InChI=1S/C25H20N4O4S/c1-15-24(32)29(19-9-5-6-10-20(19)33-15)14-22(30)26-17-11-12-18-21(13-17)34-25(27-18)28-23(31)16-7-3-2-4-8-16/h2-13,15H,14H2,1H3,(H,26,30)(H,27,28,31)/t15-/m1/s1. The summed E-state index contributed by atoms with van der Waals surface area (Å²) in [5.41, 5.74) is 2.39. The number of benzene rings is 3. The summed E-state index contributed by atoms with van der Waals surface area (Å²) in [6.07, 6.45) is -0.666. The lowest BCUT2D eigenvalue weighted by molar-refractivity contribution is -0.127. The monoisotopic (exact) mass is 472 g/mol. The lowest BCUT2D eigenvalue weighted by Gasteiger charge is -2.32. The van der Waals surface area contributed by atoms with Crippen molar-refractivity contribution in [2.45, 2.75) is 13.0 Å². The molecule has 1 atom stereocenters. The second-order valence-corrected chi connectivity index (χ2v) is 8.75.